The molecule has 0 bridgehead atoms. The van der Waals surface area contributed by atoms with Crippen LogP contribution in [0.2, 0.25) is 0 Å². The molecule has 84 valence electrons. The lowest BCUT2D eigenvalue weighted by Crippen LogP contribution is -2.03. The van der Waals surface area contributed by atoms with Crippen LogP contribution in [0.25, 0.3) is 11.3 Å². The highest BCUT2D eigenvalue weighted by molar-refractivity contribution is 7.82. The summed E-state index contributed by atoms with van der Waals surface area (Å²) in [6.45, 7) is 0. The Morgan fingerprint density at radius 2 is 1.75 bits per heavy atom. The Hall–Kier alpha value is -1.01. The highest BCUT2D eigenvalue weighted by atomic mass is 32.2. The van der Waals surface area contributed by atoms with Crippen LogP contribution in [0.3, 0.4) is 0 Å². The molecule has 16 heavy (non-hydrogen) atoms. The van der Waals surface area contributed by atoms with E-state index in [4.69, 9.17) is 0 Å². The fraction of sp³-hybridized carbons (Fsp3) is 0.100. The number of hydrogen-bond donors (Lipinski definition) is 1. The standard InChI is InChI=1S/C10H6F3NS2/c11-10(12,13)7-3-1-6(2-4-7)8-5-16-9(15)14-8/h1-5H,(H,14,15). The van der Waals surface area contributed by atoms with Crippen LogP contribution in [0, 0.1) is 0 Å². The molecule has 0 aliphatic rings. The number of thiol groups is 1. The largest absolute Gasteiger partial charge is 0.416 e. The van der Waals surface area contributed by atoms with E-state index in [-0.39, 0.29) is 0 Å². The minimum absolute atomic E-state index is 0.592. The first-order valence-electron chi connectivity index (χ1n) is 4.29. The van der Waals surface area contributed by atoms with Crippen molar-refractivity contribution in [3.8, 4) is 11.3 Å². The number of halogens is 3. The maximum absolute atomic E-state index is 12.3. The first kappa shape index (κ1) is 11.5. The van der Waals surface area contributed by atoms with Gasteiger partial charge in [0, 0.05) is 10.9 Å². The van der Waals surface area contributed by atoms with E-state index >= 15 is 0 Å². The van der Waals surface area contributed by atoms with Crippen LogP contribution < -0.4 is 0 Å². The minimum Gasteiger partial charge on any atom is -0.230 e. The third-order valence-electron chi connectivity index (χ3n) is 2.00. The molecule has 0 aliphatic heterocycles. The Kier molecular flexibility index (Phi) is 2.94. The maximum Gasteiger partial charge on any atom is 0.416 e. The van der Waals surface area contributed by atoms with Gasteiger partial charge in [0.1, 0.15) is 4.34 Å². The smallest absolute Gasteiger partial charge is 0.230 e. The van der Waals surface area contributed by atoms with Crippen molar-refractivity contribution in [3.63, 3.8) is 0 Å². The summed E-state index contributed by atoms with van der Waals surface area (Å²) in [4.78, 5) is 4.07. The average Bonchev–Trinajstić information content (AvgIpc) is 2.64. The van der Waals surface area contributed by atoms with Crippen molar-refractivity contribution < 1.29 is 13.2 Å². The van der Waals surface area contributed by atoms with Gasteiger partial charge in [-0.3, -0.25) is 0 Å². The Balaban J connectivity index is 2.33. The highest BCUT2D eigenvalue weighted by Gasteiger charge is 2.29. The fourth-order valence-electron chi connectivity index (χ4n) is 1.23. The summed E-state index contributed by atoms with van der Waals surface area (Å²) in [7, 11) is 0. The van der Waals surface area contributed by atoms with Gasteiger partial charge in [-0.25, -0.2) is 4.98 Å². The van der Waals surface area contributed by atoms with Gasteiger partial charge in [0.15, 0.2) is 0 Å². The van der Waals surface area contributed by atoms with E-state index in [0.29, 0.717) is 15.6 Å². The number of benzene rings is 1. The van der Waals surface area contributed by atoms with Crippen LogP contribution in [0.4, 0.5) is 13.2 Å². The van der Waals surface area contributed by atoms with Crippen molar-refractivity contribution in [2.45, 2.75) is 10.5 Å². The van der Waals surface area contributed by atoms with E-state index in [1.807, 2.05) is 0 Å². The van der Waals surface area contributed by atoms with Gasteiger partial charge >= 0.3 is 6.18 Å². The van der Waals surface area contributed by atoms with Gasteiger partial charge in [0.05, 0.1) is 11.3 Å². The molecule has 0 saturated carbocycles. The van der Waals surface area contributed by atoms with Crippen LogP contribution in [-0.4, -0.2) is 4.98 Å². The van der Waals surface area contributed by atoms with Crippen molar-refractivity contribution >= 4 is 24.0 Å². The van der Waals surface area contributed by atoms with Gasteiger partial charge in [0.25, 0.3) is 0 Å². The molecule has 0 spiro atoms. The number of aromatic nitrogens is 1. The molecule has 2 aromatic rings. The summed E-state index contributed by atoms with van der Waals surface area (Å²) in [5.41, 5.74) is 0.644. The molecule has 1 aromatic heterocycles. The molecule has 0 fully saturated rings. The molecule has 0 atom stereocenters. The van der Waals surface area contributed by atoms with E-state index < -0.39 is 11.7 Å². The molecule has 2 rings (SSSR count). The zero-order chi connectivity index (χ0) is 11.8. The van der Waals surface area contributed by atoms with Crippen LogP contribution in [0.1, 0.15) is 5.56 Å². The number of hydrogen-bond acceptors (Lipinski definition) is 3. The maximum atomic E-state index is 12.3. The van der Waals surface area contributed by atoms with Crippen molar-refractivity contribution in [1.29, 1.82) is 0 Å². The van der Waals surface area contributed by atoms with E-state index in [1.165, 1.54) is 23.5 Å². The van der Waals surface area contributed by atoms with Gasteiger partial charge in [-0.1, -0.05) is 12.1 Å². The Morgan fingerprint density at radius 3 is 2.19 bits per heavy atom. The zero-order valence-electron chi connectivity index (χ0n) is 7.82. The molecule has 6 heteroatoms. The van der Waals surface area contributed by atoms with Gasteiger partial charge in [0.2, 0.25) is 0 Å². The molecule has 1 heterocycles. The molecule has 0 aliphatic carbocycles. The first-order valence-corrected chi connectivity index (χ1v) is 5.61. The summed E-state index contributed by atoms with van der Waals surface area (Å²) >= 11 is 5.39. The second-order valence-corrected chi connectivity index (χ2v) is 4.67. The average molecular weight is 261 g/mol. The van der Waals surface area contributed by atoms with Crippen LogP contribution in [0.5, 0.6) is 0 Å². The Labute approximate surface area is 99.4 Å². The van der Waals surface area contributed by atoms with Crippen LogP contribution in [0.15, 0.2) is 34.0 Å². The van der Waals surface area contributed by atoms with Crippen molar-refractivity contribution in [2.24, 2.45) is 0 Å². The van der Waals surface area contributed by atoms with Crippen molar-refractivity contribution in [1.82, 2.24) is 4.98 Å². The molecule has 1 aromatic carbocycles. The topological polar surface area (TPSA) is 12.9 Å². The summed E-state index contributed by atoms with van der Waals surface area (Å²) in [6, 6.07) is 4.91. The van der Waals surface area contributed by atoms with Gasteiger partial charge in [-0.2, -0.15) is 13.2 Å². The lowest BCUT2D eigenvalue weighted by atomic mass is 10.1. The number of nitrogens with zero attached hydrogens (tertiary/aromatic N) is 1. The quantitative estimate of drug-likeness (QED) is 0.762. The molecular weight excluding hydrogens is 255 g/mol. The molecule has 0 unspecified atom stereocenters. The summed E-state index contributed by atoms with van der Waals surface area (Å²) in [5, 5.41) is 1.75. The second-order valence-electron chi connectivity index (χ2n) is 3.09. The summed E-state index contributed by atoms with van der Waals surface area (Å²) in [5.74, 6) is 0. The van der Waals surface area contributed by atoms with Crippen LogP contribution >= 0.6 is 24.0 Å². The minimum atomic E-state index is -4.30. The zero-order valence-corrected chi connectivity index (χ0v) is 9.53. The van der Waals surface area contributed by atoms with E-state index in [9.17, 15) is 13.2 Å². The lowest BCUT2D eigenvalue weighted by Gasteiger charge is -2.06. The number of alkyl halides is 3. The second kappa shape index (κ2) is 4.10. The molecule has 0 amide bonds. The van der Waals surface area contributed by atoms with Gasteiger partial charge in [-0.15, -0.1) is 24.0 Å². The molecule has 0 saturated heterocycles. The Morgan fingerprint density at radius 1 is 1.12 bits per heavy atom. The highest BCUT2D eigenvalue weighted by Crippen LogP contribution is 2.31. The normalized spacial score (nSPS) is 11.8. The van der Waals surface area contributed by atoms with E-state index in [0.717, 1.165) is 12.1 Å². The molecule has 0 radical (unpaired) electrons. The van der Waals surface area contributed by atoms with Crippen LogP contribution in [-0.2, 0) is 6.18 Å². The monoisotopic (exact) mass is 261 g/mol. The molecular formula is C10H6F3NS2. The van der Waals surface area contributed by atoms with E-state index in [2.05, 4.69) is 17.6 Å². The van der Waals surface area contributed by atoms with Gasteiger partial charge < -0.3 is 0 Å². The van der Waals surface area contributed by atoms with E-state index in [1.54, 1.807) is 5.38 Å². The summed E-state index contributed by atoms with van der Waals surface area (Å²) < 4.78 is 37.5. The molecule has 1 nitrogen and oxygen atoms in total. The Bertz CT molecular complexity index is 488. The van der Waals surface area contributed by atoms with Gasteiger partial charge in [-0.05, 0) is 12.1 Å². The SMILES string of the molecule is FC(F)(F)c1ccc(-c2csc(S)n2)cc1. The predicted octanol–water partition coefficient (Wildman–Crippen LogP) is 4.12. The number of thiazole rings is 1. The van der Waals surface area contributed by atoms with Crippen molar-refractivity contribution in [3.05, 3.63) is 35.2 Å². The number of rotatable bonds is 1. The fourth-order valence-corrected chi connectivity index (χ4v) is 2.05. The first-order chi connectivity index (χ1) is 7.47. The summed E-state index contributed by atoms with van der Waals surface area (Å²) in [6.07, 6.45) is -4.30. The predicted molar refractivity (Wildman–Crippen MR) is 59.8 cm³/mol. The van der Waals surface area contributed by atoms with Crippen molar-refractivity contribution in [2.75, 3.05) is 0 Å². The third kappa shape index (κ3) is 2.38. The lowest BCUT2D eigenvalue weighted by molar-refractivity contribution is -0.137. The molecule has 0 N–H and O–H groups in total. The third-order valence-corrected chi connectivity index (χ3v) is 3.06.